The predicted molar refractivity (Wildman–Crippen MR) is 68.7 cm³/mol. The van der Waals surface area contributed by atoms with Gasteiger partial charge in [0.05, 0.1) is 11.1 Å². The zero-order valence-corrected chi connectivity index (χ0v) is 10.1. The van der Waals surface area contributed by atoms with Crippen LogP contribution in [0.5, 0.6) is 0 Å². The number of H-pyrrole nitrogens is 1. The maximum atomic E-state index is 13.6. The van der Waals surface area contributed by atoms with Crippen molar-refractivity contribution >= 4 is 10.9 Å². The highest BCUT2D eigenvalue weighted by molar-refractivity contribution is 5.86. The van der Waals surface area contributed by atoms with Crippen molar-refractivity contribution in [1.82, 2.24) is 4.98 Å². The van der Waals surface area contributed by atoms with E-state index in [2.05, 4.69) is 4.98 Å². The number of alkyl halides is 3. The fourth-order valence-corrected chi connectivity index (χ4v) is 2.11. The van der Waals surface area contributed by atoms with E-state index in [0.717, 1.165) is 12.1 Å². The van der Waals surface area contributed by atoms with Crippen molar-refractivity contribution in [3.05, 3.63) is 59.9 Å². The highest BCUT2D eigenvalue weighted by atomic mass is 19.4. The first-order valence-corrected chi connectivity index (χ1v) is 5.90. The van der Waals surface area contributed by atoms with E-state index in [4.69, 9.17) is 0 Å². The molecule has 0 unspecified atom stereocenters. The Kier molecular flexibility index (Phi) is 2.78. The molecule has 3 aromatic rings. The van der Waals surface area contributed by atoms with Gasteiger partial charge in [0.2, 0.25) is 0 Å². The first-order chi connectivity index (χ1) is 9.45. The number of hydrogen-bond acceptors (Lipinski definition) is 0. The molecule has 0 aliphatic carbocycles. The lowest BCUT2D eigenvalue weighted by atomic mass is 10.1. The third kappa shape index (κ3) is 2.15. The summed E-state index contributed by atoms with van der Waals surface area (Å²) in [6.07, 6.45) is -4.36. The molecule has 1 nitrogen and oxygen atoms in total. The van der Waals surface area contributed by atoms with Crippen molar-refractivity contribution in [2.24, 2.45) is 0 Å². The number of hydrogen-bond donors (Lipinski definition) is 1. The molecule has 3 rings (SSSR count). The lowest BCUT2D eigenvalue weighted by Crippen LogP contribution is -2.03. The lowest BCUT2D eigenvalue weighted by Gasteiger charge is -2.06. The van der Waals surface area contributed by atoms with Crippen LogP contribution < -0.4 is 0 Å². The molecule has 0 bridgehead atoms. The van der Waals surface area contributed by atoms with Crippen LogP contribution in [-0.2, 0) is 6.18 Å². The van der Waals surface area contributed by atoms with Crippen molar-refractivity contribution in [3.8, 4) is 11.3 Å². The Morgan fingerprint density at radius 2 is 1.60 bits per heavy atom. The molecule has 1 aromatic heterocycles. The van der Waals surface area contributed by atoms with Crippen LogP contribution in [0.2, 0.25) is 0 Å². The summed E-state index contributed by atoms with van der Waals surface area (Å²) in [6, 6.07) is 11.1. The summed E-state index contributed by atoms with van der Waals surface area (Å²) in [6.45, 7) is 0. The van der Waals surface area contributed by atoms with Crippen molar-refractivity contribution in [2.75, 3.05) is 0 Å². The van der Waals surface area contributed by atoms with E-state index in [-0.39, 0.29) is 5.82 Å². The largest absolute Gasteiger partial charge is 0.416 e. The maximum absolute atomic E-state index is 13.6. The van der Waals surface area contributed by atoms with Gasteiger partial charge >= 0.3 is 6.18 Å². The van der Waals surface area contributed by atoms with Crippen LogP contribution in [0, 0.1) is 5.82 Å². The number of para-hydroxylation sites is 1. The summed E-state index contributed by atoms with van der Waals surface area (Å²) in [7, 11) is 0. The minimum absolute atomic E-state index is 0.349. The number of aromatic nitrogens is 1. The molecule has 0 atom stereocenters. The fraction of sp³-hybridized carbons (Fsp3) is 0.0667. The Hall–Kier alpha value is -2.30. The molecule has 0 radical (unpaired) electrons. The Morgan fingerprint density at radius 3 is 2.20 bits per heavy atom. The first kappa shape index (κ1) is 12.7. The predicted octanol–water partition coefficient (Wildman–Crippen LogP) is 4.99. The Balaban J connectivity index is 2.05. The summed E-state index contributed by atoms with van der Waals surface area (Å²) in [5.74, 6) is -0.388. The molecular formula is C15H9F4N. The van der Waals surface area contributed by atoms with Gasteiger partial charge in [0.15, 0.2) is 0 Å². The van der Waals surface area contributed by atoms with Crippen LogP contribution in [0.25, 0.3) is 22.2 Å². The smallest absolute Gasteiger partial charge is 0.352 e. The molecule has 0 aliphatic heterocycles. The summed E-state index contributed by atoms with van der Waals surface area (Å²) < 4.78 is 51.0. The molecule has 0 saturated carbocycles. The van der Waals surface area contributed by atoms with Gasteiger partial charge in [-0.15, -0.1) is 0 Å². The van der Waals surface area contributed by atoms with Crippen molar-refractivity contribution in [3.63, 3.8) is 0 Å². The highest BCUT2D eigenvalue weighted by Crippen LogP contribution is 2.31. The van der Waals surface area contributed by atoms with E-state index in [1.807, 2.05) is 0 Å². The average molecular weight is 279 g/mol. The monoisotopic (exact) mass is 279 g/mol. The molecule has 2 aromatic carbocycles. The standard InChI is InChI=1S/C15H9F4N/c16-12-3-1-2-10-8-13(20-14(10)12)9-4-6-11(7-5-9)15(17,18)19/h1-8,20H. The molecule has 20 heavy (non-hydrogen) atoms. The number of halogens is 4. The van der Waals surface area contributed by atoms with Crippen LogP contribution in [0.3, 0.4) is 0 Å². The average Bonchev–Trinajstić information content (AvgIpc) is 2.83. The first-order valence-electron chi connectivity index (χ1n) is 5.90. The van der Waals surface area contributed by atoms with Crippen LogP contribution in [0.15, 0.2) is 48.5 Å². The SMILES string of the molecule is Fc1cccc2cc(-c3ccc(C(F)(F)F)cc3)[nH]c12. The number of nitrogens with one attached hydrogen (secondary N) is 1. The van der Waals surface area contributed by atoms with Crippen molar-refractivity contribution < 1.29 is 17.6 Å². The van der Waals surface area contributed by atoms with Gasteiger partial charge in [0.1, 0.15) is 5.82 Å². The van der Waals surface area contributed by atoms with Crippen molar-refractivity contribution in [2.45, 2.75) is 6.18 Å². The normalized spacial score (nSPS) is 12.0. The van der Waals surface area contributed by atoms with Crippen LogP contribution in [-0.4, -0.2) is 4.98 Å². The van der Waals surface area contributed by atoms with Gasteiger partial charge in [-0.1, -0.05) is 24.3 Å². The summed E-state index contributed by atoms with van der Waals surface area (Å²) in [5.41, 5.74) is 0.804. The summed E-state index contributed by atoms with van der Waals surface area (Å²) >= 11 is 0. The third-order valence-corrected chi connectivity index (χ3v) is 3.13. The molecular weight excluding hydrogens is 270 g/mol. The molecule has 5 heteroatoms. The maximum Gasteiger partial charge on any atom is 0.416 e. The summed E-state index contributed by atoms with van der Waals surface area (Å²) in [4.78, 5) is 2.88. The minimum atomic E-state index is -4.36. The Morgan fingerprint density at radius 1 is 0.900 bits per heavy atom. The molecule has 0 saturated heterocycles. The van der Waals surface area contributed by atoms with E-state index >= 15 is 0 Å². The Labute approximate surface area is 111 Å². The lowest BCUT2D eigenvalue weighted by molar-refractivity contribution is -0.137. The Bertz CT molecular complexity index is 754. The van der Waals surface area contributed by atoms with E-state index in [1.54, 1.807) is 18.2 Å². The third-order valence-electron chi connectivity index (χ3n) is 3.13. The second kappa shape index (κ2) is 4.37. The second-order valence-corrected chi connectivity index (χ2v) is 4.46. The number of rotatable bonds is 1. The van der Waals surface area contributed by atoms with E-state index in [0.29, 0.717) is 22.2 Å². The van der Waals surface area contributed by atoms with E-state index < -0.39 is 11.7 Å². The molecule has 1 N–H and O–H groups in total. The van der Waals surface area contributed by atoms with E-state index in [9.17, 15) is 17.6 Å². The minimum Gasteiger partial charge on any atom is -0.352 e. The molecule has 0 fully saturated rings. The van der Waals surface area contributed by atoms with Gasteiger partial charge < -0.3 is 4.98 Å². The van der Waals surface area contributed by atoms with Crippen LogP contribution >= 0.6 is 0 Å². The van der Waals surface area contributed by atoms with Crippen LogP contribution in [0.4, 0.5) is 17.6 Å². The van der Waals surface area contributed by atoms with Gasteiger partial charge in [-0.2, -0.15) is 13.2 Å². The topological polar surface area (TPSA) is 15.8 Å². The molecule has 102 valence electrons. The van der Waals surface area contributed by atoms with Gasteiger partial charge in [-0.3, -0.25) is 0 Å². The zero-order valence-electron chi connectivity index (χ0n) is 10.1. The number of benzene rings is 2. The fourth-order valence-electron chi connectivity index (χ4n) is 2.11. The highest BCUT2D eigenvalue weighted by Gasteiger charge is 2.30. The molecule has 1 heterocycles. The van der Waals surface area contributed by atoms with Gasteiger partial charge in [-0.05, 0) is 29.8 Å². The van der Waals surface area contributed by atoms with Gasteiger partial charge in [0.25, 0.3) is 0 Å². The van der Waals surface area contributed by atoms with E-state index in [1.165, 1.54) is 18.2 Å². The van der Waals surface area contributed by atoms with Gasteiger partial charge in [0, 0.05) is 11.1 Å². The number of aromatic amines is 1. The second-order valence-electron chi connectivity index (χ2n) is 4.46. The zero-order chi connectivity index (χ0) is 14.3. The molecule has 0 aliphatic rings. The van der Waals surface area contributed by atoms with Crippen LogP contribution in [0.1, 0.15) is 5.56 Å². The quantitative estimate of drug-likeness (QED) is 0.604. The molecule has 0 spiro atoms. The number of fused-ring (bicyclic) bond motifs is 1. The van der Waals surface area contributed by atoms with Crippen molar-refractivity contribution in [1.29, 1.82) is 0 Å². The van der Waals surface area contributed by atoms with Gasteiger partial charge in [-0.25, -0.2) is 4.39 Å². The summed E-state index contributed by atoms with van der Waals surface area (Å²) in [5, 5.41) is 0.680. The molecule has 0 amide bonds.